The van der Waals surface area contributed by atoms with Crippen molar-refractivity contribution in [3.05, 3.63) is 47.8 Å². The molecule has 1 amide bonds. The van der Waals surface area contributed by atoms with Crippen molar-refractivity contribution in [2.75, 3.05) is 22.9 Å². The molecule has 0 atom stereocenters. The first kappa shape index (κ1) is 13.0. The Morgan fingerprint density at radius 3 is 3.05 bits per heavy atom. The van der Waals surface area contributed by atoms with Crippen molar-refractivity contribution in [3.63, 3.8) is 0 Å². The molecule has 0 saturated carbocycles. The largest absolute Gasteiger partial charge is 0.399 e. The number of thioether (sulfide) groups is 1. The quantitative estimate of drug-likeness (QED) is 0.818. The van der Waals surface area contributed by atoms with E-state index in [-0.39, 0.29) is 5.91 Å². The molecule has 102 valence electrons. The molecule has 2 aromatic rings. The summed E-state index contributed by atoms with van der Waals surface area (Å²) in [7, 11) is 0. The van der Waals surface area contributed by atoms with E-state index in [9.17, 15) is 4.79 Å². The highest BCUT2D eigenvalue weighted by molar-refractivity contribution is 7.99. The third-order valence-electron chi connectivity index (χ3n) is 3.33. The van der Waals surface area contributed by atoms with Crippen LogP contribution in [-0.2, 0) is 0 Å². The molecule has 4 nitrogen and oxygen atoms in total. The molecular weight excluding hydrogens is 270 g/mol. The van der Waals surface area contributed by atoms with Crippen LogP contribution in [0.2, 0.25) is 0 Å². The number of hydrogen-bond donors (Lipinski definition) is 1. The number of amides is 1. The molecule has 0 fully saturated rings. The third-order valence-corrected chi connectivity index (χ3v) is 4.37. The number of nitrogens with two attached hydrogens (primary N) is 1. The van der Waals surface area contributed by atoms with Crippen molar-refractivity contribution >= 4 is 29.0 Å². The molecular formula is C15H15N3OS. The number of fused-ring (bicyclic) bond motifs is 1. The van der Waals surface area contributed by atoms with Crippen LogP contribution in [0, 0.1) is 6.92 Å². The lowest BCUT2D eigenvalue weighted by molar-refractivity contribution is 0.0986. The van der Waals surface area contributed by atoms with Gasteiger partial charge in [0, 0.05) is 34.8 Å². The number of anilines is 2. The standard InChI is InChI=1S/C15H15N3OS/c1-10-12(3-2-6-17-10)15(19)18-7-8-20-14-5-4-11(16)9-13(14)18/h2-6,9H,7-8,16H2,1H3. The van der Waals surface area contributed by atoms with Crippen LogP contribution < -0.4 is 10.6 Å². The maximum absolute atomic E-state index is 12.7. The number of benzene rings is 1. The fourth-order valence-corrected chi connectivity index (χ4v) is 3.28. The second kappa shape index (κ2) is 5.17. The van der Waals surface area contributed by atoms with E-state index in [1.165, 1.54) is 0 Å². The van der Waals surface area contributed by atoms with E-state index < -0.39 is 0 Å². The molecule has 1 aliphatic heterocycles. The fourth-order valence-electron chi connectivity index (χ4n) is 2.30. The van der Waals surface area contributed by atoms with Gasteiger partial charge in [-0.05, 0) is 37.3 Å². The molecule has 1 aromatic carbocycles. The lowest BCUT2D eigenvalue weighted by Gasteiger charge is -2.29. The van der Waals surface area contributed by atoms with Crippen LogP contribution in [0.25, 0.3) is 0 Å². The summed E-state index contributed by atoms with van der Waals surface area (Å²) in [6.07, 6.45) is 1.70. The summed E-state index contributed by atoms with van der Waals surface area (Å²) in [4.78, 5) is 19.8. The Kier molecular flexibility index (Phi) is 3.36. The Bertz CT molecular complexity index is 672. The molecule has 3 rings (SSSR count). The van der Waals surface area contributed by atoms with Gasteiger partial charge in [-0.1, -0.05) is 0 Å². The van der Waals surface area contributed by atoms with Crippen LogP contribution in [0.15, 0.2) is 41.4 Å². The molecule has 0 saturated heterocycles. The van der Waals surface area contributed by atoms with Crippen molar-refractivity contribution in [2.45, 2.75) is 11.8 Å². The zero-order chi connectivity index (χ0) is 14.1. The van der Waals surface area contributed by atoms with Gasteiger partial charge in [0.15, 0.2) is 0 Å². The second-order valence-corrected chi connectivity index (χ2v) is 5.81. The normalized spacial score (nSPS) is 13.9. The maximum Gasteiger partial charge on any atom is 0.260 e. The third kappa shape index (κ3) is 2.25. The predicted molar refractivity (Wildman–Crippen MR) is 82.2 cm³/mol. The van der Waals surface area contributed by atoms with Crippen molar-refractivity contribution in [3.8, 4) is 0 Å². The molecule has 0 bridgehead atoms. The van der Waals surface area contributed by atoms with Crippen molar-refractivity contribution < 1.29 is 4.79 Å². The highest BCUT2D eigenvalue weighted by atomic mass is 32.2. The van der Waals surface area contributed by atoms with Gasteiger partial charge in [0.25, 0.3) is 5.91 Å². The van der Waals surface area contributed by atoms with E-state index in [1.54, 1.807) is 28.9 Å². The molecule has 2 heterocycles. The minimum absolute atomic E-state index is 0.0113. The zero-order valence-electron chi connectivity index (χ0n) is 11.2. The number of carbonyl (C=O) groups is 1. The number of aryl methyl sites for hydroxylation is 1. The number of nitrogens with zero attached hydrogens (tertiary/aromatic N) is 2. The van der Waals surface area contributed by atoms with Crippen LogP contribution in [0.4, 0.5) is 11.4 Å². The number of rotatable bonds is 1. The van der Waals surface area contributed by atoms with Gasteiger partial charge in [-0.3, -0.25) is 9.78 Å². The zero-order valence-corrected chi connectivity index (χ0v) is 12.0. The average Bonchev–Trinajstić information content (AvgIpc) is 2.46. The number of aromatic nitrogens is 1. The minimum atomic E-state index is -0.0113. The van der Waals surface area contributed by atoms with Crippen molar-refractivity contribution in [2.24, 2.45) is 0 Å². The van der Waals surface area contributed by atoms with Gasteiger partial charge in [-0.2, -0.15) is 0 Å². The highest BCUT2D eigenvalue weighted by Gasteiger charge is 2.25. The van der Waals surface area contributed by atoms with Crippen LogP contribution in [0.5, 0.6) is 0 Å². The molecule has 5 heteroatoms. The van der Waals surface area contributed by atoms with E-state index in [1.807, 2.05) is 31.2 Å². The highest BCUT2D eigenvalue weighted by Crippen LogP contribution is 2.36. The number of pyridine rings is 1. The predicted octanol–water partition coefficient (Wildman–Crippen LogP) is 2.72. The van der Waals surface area contributed by atoms with Gasteiger partial charge < -0.3 is 10.6 Å². The molecule has 1 aromatic heterocycles. The van der Waals surface area contributed by atoms with Gasteiger partial charge in [-0.25, -0.2) is 0 Å². The fraction of sp³-hybridized carbons (Fsp3) is 0.200. The Balaban J connectivity index is 2.03. The number of carbonyl (C=O) groups excluding carboxylic acids is 1. The summed E-state index contributed by atoms with van der Waals surface area (Å²) in [6.45, 7) is 2.54. The Morgan fingerprint density at radius 2 is 2.25 bits per heavy atom. The van der Waals surface area contributed by atoms with Crippen molar-refractivity contribution in [1.29, 1.82) is 0 Å². The van der Waals surface area contributed by atoms with E-state index in [0.29, 0.717) is 17.8 Å². The summed E-state index contributed by atoms with van der Waals surface area (Å²) in [5, 5.41) is 0. The van der Waals surface area contributed by atoms with E-state index in [2.05, 4.69) is 4.98 Å². The first-order valence-electron chi connectivity index (χ1n) is 6.42. The number of nitrogen functional groups attached to an aromatic ring is 1. The summed E-state index contributed by atoms with van der Waals surface area (Å²) >= 11 is 1.75. The van der Waals surface area contributed by atoms with Gasteiger partial charge in [-0.15, -0.1) is 11.8 Å². The first-order valence-corrected chi connectivity index (χ1v) is 7.41. The Labute approximate surface area is 122 Å². The monoisotopic (exact) mass is 285 g/mol. The summed E-state index contributed by atoms with van der Waals surface area (Å²) < 4.78 is 0. The topological polar surface area (TPSA) is 59.2 Å². The Hall–Kier alpha value is -2.01. The number of hydrogen-bond acceptors (Lipinski definition) is 4. The molecule has 20 heavy (non-hydrogen) atoms. The molecule has 0 radical (unpaired) electrons. The van der Waals surface area contributed by atoms with E-state index in [4.69, 9.17) is 5.73 Å². The summed E-state index contributed by atoms with van der Waals surface area (Å²) in [6, 6.07) is 9.32. The molecule has 0 aliphatic carbocycles. The van der Waals surface area contributed by atoms with Gasteiger partial charge >= 0.3 is 0 Å². The van der Waals surface area contributed by atoms with Gasteiger partial charge in [0.05, 0.1) is 11.3 Å². The molecule has 0 spiro atoms. The van der Waals surface area contributed by atoms with Gasteiger partial charge in [0.1, 0.15) is 0 Å². The molecule has 1 aliphatic rings. The van der Waals surface area contributed by atoms with Gasteiger partial charge in [0.2, 0.25) is 0 Å². The van der Waals surface area contributed by atoms with Crippen LogP contribution in [0.1, 0.15) is 16.1 Å². The van der Waals surface area contributed by atoms with Crippen LogP contribution >= 0.6 is 11.8 Å². The van der Waals surface area contributed by atoms with Crippen molar-refractivity contribution in [1.82, 2.24) is 4.98 Å². The SMILES string of the molecule is Cc1ncccc1C(=O)N1CCSc2ccc(N)cc21. The first-order chi connectivity index (χ1) is 9.66. The lowest BCUT2D eigenvalue weighted by Crippen LogP contribution is -2.36. The maximum atomic E-state index is 12.7. The average molecular weight is 285 g/mol. The van der Waals surface area contributed by atoms with E-state index >= 15 is 0 Å². The summed E-state index contributed by atoms with van der Waals surface area (Å²) in [5.41, 5.74) is 8.82. The van der Waals surface area contributed by atoms with E-state index in [0.717, 1.165) is 22.0 Å². The molecule has 0 unspecified atom stereocenters. The second-order valence-electron chi connectivity index (χ2n) is 4.67. The molecule has 2 N–H and O–H groups in total. The summed E-state index contributed by atoms with van der Waals surface area (Å²) in [5.74, 6) is 0.879. The lowest BCUT2D eigenvalue weighted by atomic mass is 10.1. The van der Waals surface area contributed by atoms with Crippen LogP contribution in [-0.4, -0.2) is 23.2 Å². The minimum Gasteiger partial charge on any atom is -0.399 e. The smallest absolute Gasteiger partial charge is 0.260 e. The Morgan fingerprint density at radius 1 is 1.40 bits per heavy atom. The van der Waals surface area contributed by atoms with Crippen LogP contribution in [0.3, 0.4) is 0 Å².